The molecule has 0 saturated heterocycles. The first kappa shape index (κ1) is 20.3. The molecule has 9 heteroatoms. The number of nitrogens with zero attached hydrogens (tertiary/aromatic N) is 4. The average Bonchev–Trinajstić information content (AvgIpc) is 2.57. The Morgan fingerprint density at radius 3 is 2.52 bits per heavy atom. The van der Waals surface area contributed by atoms with E-state index >= 15 is 0 Å². The van der Waals surface area contributed by atoms with E-state index in [0.717, 1.165) is 3.56 Å². The molecule has 0 aromatic carbocycles. The fraction of sp³-hybridized carbons (Fsp3) is 0. The van der Waals surface area contributed by atoms with Crippen LogP contribution in [0.15, 0.2) is 53.3 Å². The van der Waals surface area contributed by atoms with Gasteiger partial charge in [-0.1, -0.05) is 0 Å². The maximum absolute atomic E-state index is 8.02. The van der Waals surface area contributed by atoms with Gasteiger partial charge in [0.2, 0.25) is 0 Å². The minimum atomic E-state index is 0.288. The second kappa shape index (κ2) is 10.9. The summed E-state index contributed by atoms with van der Waals surface area (Å²) >= 11 is 8.18. The van der Waals surface area contributed by atoms with Crippen molar-refractivity contribution in [2.24, 2.45) is 9.98 Å². The first-order valence-corrected chi connectivity index (χ1v) is 9.07. The SMILES string of the molecule is C=CC(=N[C](=[V])c1ncccn1)[C](=[V])SC(=N)C(=C)C=N[CH]=[V]. The number of nitrogens with one attached hydrogen (secondary N) is 1. The second-order valence-electron chi connectivity index (χ2n) is 3.75. The molecule has 0 unspecified atom stereocenters. The molecule has 0 fully saturated rings. The molecule has 0 radical (unpaired) electrons. The van der Waals surface area contributed by atoms with E-state index in [2.05, 4.69) is 84.0 Å². The van der Waals surface area contributed by atoms with Gasteiger partial charge in [0.1, 0.15) is 0 Å². The van der Waals surface area contributed by atoms with E-state index in [4.69, 9.17) is 5.41 Å². The van der Waals surface area contributed by atoms with Gasteiger partial charge in [-0.25, -0.2) is 0 Å². The maximum atomic E-state index is 8.02. The fourth-order valence-electron chi connectivity index (χ4n) is 1.16. The number of thioether (sulfide) groups is 1. The molecule has 1 N–H and O–H groups in total. The van der Waals surface area contributed by atoms with Crippen LogP contribution in [-0.2, 0) is 50.9 Å². The van der Waals surface area contributed by atoms with Crippen LogP contribution in [0.5, 0.6) is 0 Å². The van der Waals surface area contributed by atoms with Crippen molar-refractivity contribution in [2.75, 3.05) is 0 Å². The quantitative estimate of drug-likeness (QED) is 0.498. The fourth-order valence-corrected chi connectivity index (χ4v) is 2.87. The first-order chi connectivity index (χ1) is 11.0. The first-order valence-electron chi connectivity index (χ1n) is 6.05. The van der Waals surface area contributed by atoms with Crippen LogP contribution < -0.4 is 0 Å². The zero-order chi connectivity index (χ0) is 17.2. The number of hydrogen-bond acceptors (Lipinski definition) is 6. The zero-order valence-corrected chi connectivity index (χ0v) is 16.9. The molecule has 0 aliphatic carbocycles. The van der Waals surface area contributed by atoms with Crippen LogP contribution in [0.3, 0.4) is 0 Å². The molecular weight excluding hydrogens is 423 g/mol. The van der Waals surface area contributed by atoms with Crippen LogP contribution in [0.2, 0.25) is 0 Å². The van der Waals surface area contributed by atoms with Crippen molar-refractivity contribution in [1.82, 2.24) is 9.97 Å². The minimum absolute atomic E-state index is 0.288. The Labute approximate surface area is 165 Å². The molecule has 1 heterocycles. The van der Waals surface area contributed by atoms with Crippen LogP contribution in [0.25, 0.3) is 0 Å². The third kappa shape index (κ3) is 7.14. The Morgan fingerprint density at radius 1 is 1.30 bits per heavy atom. The van der Waals surface area contributed by atoms with E-state index in [1.807, 2.05) is 0 Å². The molecule has 0 spiro atoms. The van der Waals surface area contributed by atoms with Gasteiger partial charge in [-0.15, -0.1) is 0 Å². The zero-order valence-electron chi connectivity index (χ0n) is 11.9. The standard InChI is InChI=1S/C14H11N5S.3V/c1-4-12(10-20-14(15)11(2)8-16-3)19-9-13-17-6-5-7-18-13;;;/h3-8,15H,1-2H2;;;. The van der Waals surface area contributed by atoms with E-state index in [9.17, 15) is 0 Å². The van der Waals surface area contributed by atoms with Gasteiger partial charge < -0.3 is 0 Å². The van der Waals surface area contributed by atoms with Crippen molar-refractivity contribution in [3.63, 3.8) is 0 Å². The molecule has 0 aliphatic heterocycles. The predicted octanol–water partition coefficient (Wildman–Crippen LogP) is 1.45. The van der Waals surface area contributed by atoms with Crippen molar-refractivity contribution in [2.45, 2.75) is 0 Å². The van der Waals surface area contributed by atoms with E-state index in [1.54, 1.807) is 29.4 Å². The van der Waals surface area contributed by atoms with E-state index in [1.165, 1.54) is 18.0 Å². The van der Waals surface area contributed by atoms with Crippen molar-refractivity contribution in [1.29, 1.82) is 5.41 Å². The summed E-state index contributed by atoms with van der Waals surface area (Å²) in [5.41, 5.74) is 1.15. The molecule has 5 nitrogen and oxygen atoms in total. The van der Waals surface area contributed by atoms with Crippen LogP contribution in [-0.4, -0.2) is 39.7 Å². The molecule has 0 amide bonds. The molecule has 1 aromatic heterocycles. The summed E-state index contributed by atoms with van der Waals surface area (Å²) in [6.45, 7) is 7.57. The number of hydrogen-bond donors (Lipinski definition) is 1. The van der Waals surface area contributed by atoms with Gasteiger partial charge >= 0.3 is 167 Å². The van der Waals surface area contributed by atoms with Gasteiger partial charge in [0.15, 0.2) is 0 Å². The Hall–Kier alpha value is -0.717. The molecule has 0 atom stereocenters. The second-order valence-corrected chi connectivity index (χ2v) is 6.98. The van der Waals surface area contributed by atoms with Gasteiger partial charge in [-0.05, 0) is 0 Å². The summed E-state index contributed by atoms with van der Waals surface area (Å²) in [6.07, 6.45) is 6.47. The molecule has 23 heavy (non-hydrogen) atoms. The predicted molar refractivity (Wildman–Crippen MR) is 87.8 cm³/mol. The van der Waals surface area contributed by atoms with Gasteiger partial charge in [0.25, 0.3) is 0 Å². The molecule has 0 bridgehead atoms. The normalized spacial score (nSPS) is 10.9. The average molecular weight is 434 g/mol. The van der Waals surface area contributed by atoms with E-state index in [0.29, 0.717) is 21.5 Å². The molecule has 0 aliphatic rings. The third-order valence-corrected chi connectivity index (χ3v) is 4.52. The Morgan fingerprint density at radius 2 is 1.96 bits per heavy atom. The summed E-state index contributed by atoms with van der Waals surface area (Å²) in [6, 6.07) is 1.74. The van der Waals surface area contributed by atoms with Gasteiger partial charge in [0, 0.05) is 0 Å². The van der Waals surface area contributed by atoms with Crippen molar-refractivity contribution in [3.8, 4) is 0 Å². The van der Waals surface area contributed by atoms with Crippen molar-refractivity contribution in [3.05, 3.63) is 49.1 Å². The Bertz CT molecular complexity index is 725. The van der Waals surface area contributed by atoms with E-state index in [-0.39, 0.29) is 5.04 Å². The monoisotopic (exact) mass is 434 g/mol. The topological polar surface area (TPSA) is 74.3 Å². The van der Waals surface area contributed by atoms with Gasteiger partial charge in [-0.2, -0.15) is 0 Å². The number of aliphatic imine (C=N–C) groups is 2. The van der Waals surface area contributed by atoms with Gasteiger partial charge in [0.05, 0.1) is 0 Å². The Balaban J connectivity index is 2.85. The van der Waals surface area contributed by atoms with Crippen molar-refractivity contribution < 1.29 is 50.9 Å². The number of allylic oxidation sites excluding steroid dienone is 1. The van der Waals surface area contributed by atoms with E-state index < -0.39 is 0 Å². The van der Waals surface area contributed by atoms with Crippen LogP contribution >= 0.6 is 11.8 Å². The summed E-state index contributed by atoms with van der Waals surface area (Å²) in [4.78, 5) is 18.3. The number of aromatic nitrogens is 2. The summed E-state index contributed by atoms with van der Waals surface area (Å²) in [5, 5.41) is 8.30. The van der Waals surface area contributed by atoms with Crippen LogP contribution in [0.4, 0.5) is 0 Å². The molecule has 1 rings (SSSR count). The summed E-state index contributed by atoms with van der Waals surface area (Å²) in [5.74, 6) is 0.528. The molecule has 0 saturated carbocycles. The van der Waals surface area contributed by atoms with Crippen molar-refractivity contribution >= 4 is 41.5 Å². The molecule has 1 aromatic rings. The Kier molecular flexibility index (Phi) is 9.67. The van der Waals surface area contributed by atoms with Crippen LogP contribution in [0, 0.1) is 5.41 Å². The van der Waals surface area contributed by atoms with Gasteiger partial charge in [-0.3, -0.25) is 0 Å². The molecule has 113 valence electrons. The van der Waals surface area contributed by atoms with Crippen LogP contribution in [0.1, 0.15) is 5.82 Å². The number of rotatable bonds is 8. The third-order valence-electron chi connectivity index (χ3n) is 2.19. The summed E-state index contributed by atoms with van der Waals surface area (Å²) < 4.78 is 1.38. The summed E-state index contributed by atoms with van der Waals surface area (Å²) in [7, 11) is 0. The molecular formula is C14H11N5SV3.